The molecule has 0 aliphatic carbocycles. The van der Waals surface area contributed by atoms with Crippen molar-refractivity contribution in [2.45, 2.75) is 12.6 Å². The van der Waals surface area contributed by atoms with E-state index in [-0.39, 0.29) is 6.04 Å². The minimum Gasteiger partial charge on any atom is -0.496 e. The SMILES string of the molecule is COc1ccccc1CN(C)C(CN)c1cc(Br)c(Br)s1. The van der Waals surface area contributed by atoms with Gasteiger partial charge in [0.1, 0.15) is 5.75 Å². The van der Waals surface area contributed by atoms with Crippen LogP contribution in [0, 0.1) is 0 Å². The summed E-state index contributed by atoms with van der Waals surface area (Å²) < 4.78 is 7.59. The fourth-order valence-corrected chi connectivity index (χ4v) is 4.52. The molecular formula is C15H18Br2N2OS. The maximum absolute atomic E-state index is 5.99. The van der Waals surface area contributed by atoms with E-state index < -0.39 is 0 Å². The predicted molar refractivity (Wildman–Crippen MR) is 96.0 cm³/mol. The summed E-state index contributed by atoms with van der Waals surface area (Å²) in [4.78, 5) is 3.50. The topological polar surface area (TPSA) is 38.5 Å². The van der Waals surface area contributed by atoms with Gasteiger partial charge in [-0.15, -0.1) is 11.3 Å². The highest BCUT2D eigenvalue weighted by atomic mass is 79.9. The van der Waals surface area contributed by atoms with Crippen molar-refractivity contribution in [1.29, 1.82) is 0 Å². The predicted octanol–water partition coefficient (Wildman–Crippen LogP) is 4.41. The average Bonchev–Trinajstić information content (AvgIpc) is 2.79. The molecule has 114 valence electrons. The monoisotopic (exact) mass is 432 g/mol. The van der Waals surface area contributed by atoms with Crippen LogP contribution in [0.2, 0.25) is 0 Å². The number of halogens is 2. The van der Waals surface area contributed by atoms with Crippen LogP contribution in [-0.2, 0) is 6.54 Å². The third kappa shape index (κ3) is 4.07. The second-order valence-electron chi connectivity index (χ2n) is 4.75. The maximum Gasteiger partial charge on any atom is 0.123 e. The van der Waals surface area contributed by atoms with Crippen molar-refractivity contribution < 1.29 is 4.74 Å². The van der Waals surface area contributed by atoms with Gasteiger partial charge in [-0.3, -0.25) is 4.90 Å². The van der Waals surface area contributed by atoms with E-state index in [0.717, 1.165) is 26.1 Å². The largest absolute Gasteiger partial charge is 0.496 e. The average molecular weight is 434 g/mol. The van der Waals surface area contributed by atoms with Gasteiger partial charge in [0.05, 0.1) is 16.9 Å². The zero-order valence-electron chi connectivity index (χ0n) is 12.0. The lowest BCUT2D eigenvalue weighted by Crippen LogP contribution is -2.29. The molecule has 0 saturated heterocycles. The molecule has 6 heteroatoms. The minimum absolute atomic E-state index is 0.183. The van der Waals surface area contributed by atoms with Crippen LogP contribution in [0.4, 0.5) is 0 Å². The van der Waals surface area contributed by atoms with E-state index in [1.807, 2.05) is 18.2 Å². The number of likely N-dealkylation sites (N-methyl/N-ethyl adjacent to an activating group) is 1. The van der Waals surface area contributed by atoms with Crippen LogP contribution >= 0.6 is 43.2 Å². The number of nitrogens with two attached hydrogens (primary N) is 1. The molecule has 0 aliphatic heterocycles. The molecule has 0 aliphatic rings. The van der Waals surface area contributed by atoms with Crippen LogP contribution in [0.5, 0.6) is 5.75 Å². The highest BCUT2D eigenvalue weighted by Crippen LogP contribution is 2.37. The first-order valence-corrected chi connectivity index (χ1v) is 8.94. The number of benzene rings is 1. The molecule has 1 unspecified atom stereocenters. The highest BCUT2D eigenvalue weighted by molar-refractivity contribution is 9.13. The molecule has 2 aromatic rings. The zero-order chi connectivity index (χ0) is 15.4. The van der Waals surface area contributed by atoms with Crippen LogP contribution in [0.25, 0.3) is 0 Å². The molecule has 0 fully saturated rings. The van der Waals surface area contributed by atoms with Crippen LogP contribution in [-0.4, -0.2) is 25.6 Å². The Bertz CT molecular complexity index is 584. The normalized spacial score (nSPS) is 12.7. The van der Waals surface area contributed by atoms with Gasteiger partial charge in [-0.05, 0) is 51.0 Å². The lowest BCUT2D eigenvalue weighted by molar-refractivity contribution is 0.241. The van der Waals surface area contributed by atoms with Crippen molar-refractivity contribution in [2.75, 3.05) is 20.7 Å². The van der Waals surface area contributed by atoms with Crippen LogP contribution in [0.3, 0.4) is 0 Å². The molecule has 3 nitrogen and oxygen atoms in total. The molecule has 21 heavy (non-hydrogen) atoms. The van der Waals surface area contributed by atoms with Gasteiger partial charge >= 0.3 is 0 Å². The van der Waals surface area contributed by atoms with Gasteiger partial charge in [-0.2, -0.15) is 0 Å². The summed E-state index contributed by atoms with van der Waals surface area (Å²) in [5.74, 6) is 0.911. The summed E-state index contributed by atoms with van der Waals surface area (Å²) in [6.45, 7) is 1.37. The Morgan fingerprint density at radius 1 is 1.33 bits per heavy atom. The van der Waals surface area contributed by atoms with Crippen molar-refractivity contribution in [1.82, 2.24) is 4.90 Å². The third-order valence-electron chi connectivity index (χ3n) is 3.36. The summed E-state index contributed by atoms with van der Waals surface area (Å²) in [5.41, 5.74) is 7.16. The molecule has 2 N–H and O–H groups in total. The quantitative estimate of drug-likeness (QED) is 0.732. The van der Waals surface area contributed by atoms with Crippen molar-refractivity contribution in [3.05, 3.63) is 49.0 Å². The van der Waals surface area contributed by atoms with Crippen molar-refractivity contribution in [3.63, 3.8) is 0 Å². The van der Waals surface area contributed by atoms with Crippen LogP contribution in [0.15, 0.2) is 38.6 Å². The van der Waals surface area contributed by atoms with E-state index in [1.54, 1.807) is 18.4 Å². The molecule has 0 amide bonds. The van der Waals surface area contributed by atoms with Gasteiger partial charge in [-0.1, -0.05) is 18.2 Å². The van der Waals surface area contributed by atoms with Gasteiger partial charge in [-0.25, -0.2) is 0 Å². The number of rotatable bonds is 6. The molecule has 1 heterocycles. The standard InChI is InChI=1S/C15H18Br2N2OS/c1-19(9-10-5-3-4-6-13(10)20-2)12(8-18)14-7-11(16)15(17)21-14/h3-7,12H,8-9,18H2,1-2H3. The number of hydrogen-bond donors (Lipinski definition) is 1. The van der Waals surface area contributed by atoms with Gasteiger partial charge in [0.25, 0.3) is 0 Å². The first-order chi connectivity index (χ1) is 10.1. The Balaban J connectivity index is 2.18. The first-order valence-electron chi connectivity index (χ1n) is 6.53. The molecule has 1 atom stereocenters. The molecule has 0 radical (unpaired) electrons. The smallest absolute Gasteiger partial charge is 0.123 e. The summed E-state index contributed by atoms with van der Waals surface area (Å²) in [6, 6.07) is 10.4. The molecule has 2 rings (SSSR count). The first kappa shape index (κ1) is 17.0. The van der Waals surface area contributed by atoms with Crippen LogP contribution < -0.4 is 10.5 Å². The fraction of sp³-hybridized carbons (Fsp3) is 0.333. The van der Waals surface area contributed by atoms with Crippen molar-refractivity contribution in [2.24, 2.45) is 5.73 Å². The summed E-state index contributed by atoms with van der Waals surface area (Å²) in [5, 5.41) is 0. The van der Waals surface area contributed by atoms with Gasteiger partial charge < -0.3 is 10.5 Å². The Morgan fingerprint density at radius 2 is 2.05 bits per heavy atom. The van der Waals surface area contributed by atoms with Gasteiger partial charge in [0.15, 0.2) is 0 Å². The van der Waals surface area contributed by atoms with Gasteiger partial charge in [0, 0.05) is 28.0 Å². The van der Waals surface area contributed by atoms with Gasteiger partial charge in [0.2, 0.25) is 0 Å². The van der Waals surface area contributed by atoms with E-state index in [2.05, 4.69) is 55.9 Å². The lowest BCUT2D eigenvalue weighted by Gasteiger charge is -2.26. The Labute approximate surface area is 146 Å². The van der Waals surface area contributed by atoms with E-state index in [0.29, 0.717) is 6.54 Å². The number of methoxy groups -OCH3 is 1. The summed E-state index contributed by atoms with van der Waals surface area (Å²) >= 11 is 8.79. The molecule has 1 aromatic heterocycles. The third-order valence-corrected chi connectivity index (χ3v) is 6.72. The second kappa shape index (κ2) is 7.74. The number of para-hydroxylation sites is 1. The molecule has 0 bridgehead atoms. The number of hydrogen-bond acceptors (Lipinski definition) is 4. The number of thiophene rings is 1. The van der Waals surface area contributed by atoms with E-state index in [4.69, 9.17) is 10.5 Å². The summed E-state index contributed by atoms with van der Waals surface area (Å²) in [6.07, 6.45) is 0. The number of ether oxygens (including phenoxy) is 1. The lowest BCUT2D eigenvalue weighted by atomic mass is 10.1. The second-order valence-corrected chi connectivity index (χ2v) is 8.00. The Hall–Kier alpha value is -0.400. The molecule has 1 aromatic carbocycles. The van der Waals surface area contributed by atoms with E-state index in [1.165, 1.54) is 4.88 Å². The molecular weight excluding hydrogens is 416 g/mol. The van der Waals surface area contributed by atoms with E-state index in [9.17, 15) is 0 Å². The summed E-state index contributed by atoms with van der Waals surface area (Å²) in [7, 11) is 3.79. The highest BCUT2D eigenvalue weighted by Gasteiger charge is 2.20. The van der Waals surface area contributed by atoms with Crippen molar-refractivity contribution >= 4 is 43.2 Å². The number of nitrogens with zero attached hydrogens (tertiary/aromatic N) is 1. The van der Waals surface area contributed by atoms with Crippen molar-refractivity contribution in [3.8, 4) is 5.75 Å². The van der Waals surface area contributed by atoms with Crippen LogP contribution in [0.1, 0.15) is 16.5 Å². The minimum atomic E-state index is 0.183. The Morgan fingerprint density at radius 3 is 2.62 bits per heavy atom. The Kier molecular flexibility index (Phi) is 6.25. The maximum atomic E-state index is 5.99. The molecule has 0 saturated carbocycles. The fourth-order valence-electron chi connectivity index (χ4n) is 2.25. The zero-order valence-corrected chi connectivity index (χ0v) is 16.0. The van der Waals surface area contributed by atoms with E-state index >= 15 is 0 Å². The molecule has 0 spiro atoms.